The van der Waals surface area contributed by atoms with Crippen LogP contribution >= 0.6 is 0 Å². The largest absolute Gasteiger partial charge is 0.480 e. The summed E-state index contributed by atoms with van der Waals surface area (Å²) < 4.78 is 2.72. The number of hydrogen-bond acceptors (Lipinski definition) is 3. The molecule has 2 unspecified atom stereocenters. The summed E-state index contributed by atoms with van der Waals surface area (Å²) in [5.74, 6) is -0.465. The second-order valence-corrected chi connectivity index (χ2v) is 6.01. The van der Waals surface area contributed by atoms with Crippen molar-refractivity contribution in [3.8, 4) is 0 Å². The molecule has 0 aliphatic carbocycles. The smallest absolute Gasteiger partial charge is 0.347 e. The SMILES string of the molecule is Cc1ccc(Cn2nc3n(c2=O)C(C(=O)O)C(C)CC3)cc1. The molecule has 0 amide bonds. The Hall–Kier alpha value is -2.37. The summed E-state index contributed by atoms with van der Waals surface area (Å²) in [6, 6.07) is 7.06. The fourth-order valence-electron chi connectivity index (χ4n) is 3.01. The van der Waals surface area contributed by atoms with Crippen molar-refractivity contribution >= 4 is 5.97 Å². The molecule has 3 rings (SSSR count). The van der Waals surface area contributed by atoms with Crippen molar-refractivity contribution < 1.29 is 9.90 Å². The van der Waals surface area contributed by atoms with Gasteiger partial charge in [-0.1, -0.05) is 36.8 Å². The standard InChI is InChI=1S/C16H19N3O3/c1-10-3-6-12(7-4-10)9-18-16(22)19-13(17-18)8-5-11(2)14(19)15(20)21/h3-4,6-7,11,14H,5,8-9H2,1-2H3,(H,20,21). The van der Waals surface area contributed by atoms with E-state index < -0.39 is 12.0 Å². The van der Waals surface area contributed by atoms with Crippen LogP contribution in [0.1, 0.15) is 36.3 Å². The van der Waals surface area contributed by atoms with Crippen molar-refractivity contribution in [2.24, 2.45) is 5.92 Å². The second-order valence-electron chi connectivity index (χ2n) is 6.01. The first-order valence-electron chi connectivity index (χ1n) is 7.44. The van der Waals surface area contributed by atoms with Crippen LogP contribution < -0.4 is 5.69 Å². The number of carboxylic acid groups (broad SMARTS) is 1. The van der Waals surface area contributed by atoms with Crippen LogP contribution in [0.3, 0.4) is 0 Å². The maximum atomic E-state index is 12.5. The normalized spacial score (nSPS) is 20.6. The fourth-order valence-corrected chi connectivity index (χ4v) is 3.01. The number of fused-ring (bicyclic) bond motifs is 1. The van der Waals surface area contributed by atoms with Crippen LogP contribution in [0.2, 0.25) is 0 Å². The number of rotatable bonds is 3. The van der Waals surface area contributed by atoms with Gasteiger partial charge >= 0.3 is 11.7 Å². The molecule has 0 bridgehead atoms. The van der Waals surface area contributed by atoms with E-state index >= 15 is 0 Å². The zero-order valence-electron chi connectivity index (χ0n) is 12.7. The lowest BCUT2D eigenvalue weighted by atomic mass is 9.93. The Kier molecular flexibility index (Phi) is 3.60. The van der Waals surface area contributed by atoms with Crippen molar-refractivity contribution in [2.45, 2.75) is 39.3 Å². The summed E-state index contributed by atoms with van der Waals surface area (Å²) in [4.78, 5) is 24.0. The molecule has 22 heavy (non-hydrogen) atoms. The van der Waals surface area contributed by atoms with Crippen molar-refractivity contribution in [1.29, 1.82) is 0 Å². The van der Waals surface area contributed by atoms with E-state index in [1.54, 1.807) is 0 Å². The van der Waals surface area contributed by atoms with Gasteiger partial charge in [-0.15, -0.1) is 0 Å². The van der Waals surface area contributed by atoms with Gasteiger partial charge in [-0.05, 0) is 24.8 Å². The van der Waals surface area contributed by atoms with Gasteiger partial charge in [0.2, 0.25) is 0 Å². The van der Waals surface area contributed by atoms with Crippen molar-refractivity contribution in [2.75, 3.05) is 0 Å². The Morgan fingerprint density at radius 3 is 2.68 bits per heavy atom. The van der Waals surface area contributed by atoms with Gasteiger partial charge in [0.25, 0.3) is 0 Å². The molecule has 1 aliphatic rings. The third-order valence-corrected chi connectivity index (χ3v) is 4.29. The lowest BCUT2D eigenvalue weighted by molar-refractivity contribution is -0.143. The predicted molar refractivity (Wildman–Crippen MR) is 80.9 cm³/mol. The molecule has 0 fully saturated rings. The topological polar surface area (TPSA) is 77.1 Å². The highest BCUT2D eigenvalue weighted by atomic mass is 16.4. The highest BCUT2D eigenvalue weighted by Crippen LogP contribution is 2.27. The first-order chi connectivity index (χ1) is 10.5. The van der Waals surface area contributed by atoms with Crippen LogP contribution in [0, 0.1) is 12.8 Å². The molecule has 6 heteroatoms. The first kappa shape index (κ1) is 14.6. The minimum Gasteiger partial charge on any atom is -0.480 e. The number of aryl methyl sites for hydroxylation is 2. The van der Waals surface area contributed by atoms with E-state index in [-0.39, 0.29) is 11.6 Å². The van der Waals surface area contributed by atoms with E-state index in [2.05, 4.69) is 5.10 Å². The monoisotopic (exact) mass is 301 g/mol. The van der Waals surface area contributed by atoms with Crippen LogP contribution in [-0.4, -0.2) is 25.4 Å². The number of hydrogen-bond donors (Lipinski definition) is 1. The van der Waals surface area contributed by atoms with Crippen molar-refractivity contribution in [3.05, 3.63) is 51.7 Å². The Balaban J connectivity index is 1.99. The van der Waals surface area contributed by atoms with E-state index in [4.69, 9.17) is 0 Å². The van der Waals surface area contributed by atoms with Crippen LogP contribution in [0.5, 0.6) is 0 Å². The van der Waals surface area contributed by atoms with Crippen LogP contribution in [0.4, 0.5) is 0 Å². The second kappa shape index (κ2) is 5.44. The maximum Gasteiger partial charge on any atom is 0.347 e. The molecule has 1 aromatic heterocycles. The molecule has 2 aromatic rings. The van der Waals surface area contributed by atoms with Crippen molar-refractivity contribution in [3.63, 3.8) is 0 Å². The number of benzene rings is 1. The summed E-state index contributed by atoms with van der Waals surface area (Å²) in [5.41, 5.74) is 1.79. The highest BCUT2D eigenvalue weighted by Gasteiger charge is 2.35. The molecule has 1 N–H and O–H groups in total. The Bertz CT molecular complexity index is 758. The van der Waals surface area contributed by atoms with Gasteiger partial charge in [0.15, 0.2) is 0 Å². The molecular weight excluding hydrogens is 282 g/mol. The summed E-state index contributed by atoms with van der Waals surface area (Å²) >= 11 is 0. The molecule has 0 saturated carbocycles. The van der Waals surface area contributed by atoms with Gasteiger partial charge in [-0.2, -0.15) is 5.10 Å². The fraction of sp³-hybridized carbons (Fsp3) is 0.438. The van der Waals surface area contributed by atoms with Crippen LogP contribution in [0.15, 0.2) is 29.1 Å². The van der Waals surface area contributed by atoms with Gasteiger partial charge in [0.05, 0.1) is 6.54 Å². The van der Waals surface area contributed by atoms with Gasteiger partial charge in [0, 0.05) is 6.42 Å². The quantitative estimate of drug-likeness (QED) is 0.934. The third kappa shape index (κ3) is 2.45. The highest BCUT2D eigenvalue weighted by molar-refractivity contribution is 5.72. The molecule has 1 aliphatic heterocycles. The Morgan fingerprint density at radius 1 is 1.36 bits per heavy atom. The van der Waals surface area contributed by atoms with Gasteiger partial charge in [-0.25, -0.2) is 14.3 Å². The summed E-state index contributed by atoms with van der Waals surface area (Å²) in [5, 5.41) is 13.8. The van der Waals surface area contributed by atoms with E-state index in [1.807, 2.05) is 38.1 Å². The molecule has 0 spiro atoms. The molecule has 0 radical (unpaired) electrons. The number of carboxylic acids is 1. The zero-order chi connectivity index (χ0) is 15.9. The van der Waals surface area contributed by atoms with Gasteiger partial charge < -0.3 is 5.11 Å². The molecule has 116 valence electrons. The molecule has 2 atom stereocenters. The van der Waals surface area contributed by atoms with E-state index in [0.29, 0.717) is 18.8 Å². The van der Waals surface area contributed by atoms with E-state index in [9.17, 15) is 14.7 Å². The molecule has 2 heterocycles. The molecular formula is C16H19N3O3. The van der Waals surface area contributed by atoms with Crippen molar-refractivity contribution in [1.82, 2.24) is 14.3 Å². The predicted octanol–water partition coefficient (Wildman–Crippen LogP) is 1.61. The number of carbonyl (C=O) groups is 1. The van der Waals surface area contributed by atoms with E-state index in [1.165, 1.54) is 9.25 Å². The van der Waals surface area contributed by atoms with Gasteiger partial charge in [0.1, 0.15) is 11.9 Å². The average Bonchev–Trinajstić information content (AvgIpc) is 2.78. The lowest BCUT2D eigenvalue weighted by Crippen LogP contribution is -2.38. The van der Waals surface area contributed by atoms with Gasteiger partial charge in [-0.3, -0.25) is 4.57 Å². The van der Waals surface area contributed by atoms with E-state index in [0.717, 1.165) is 17.5 Å². The minimum absolute atomic E-state index is 0.0697. The summed E-state index contributed by atoms with van der Waals surface area (Å²) in [6.07, 6.45) is 1.37. The summed E-state index contributed by atoms with van der Waals surface area (Å²) in [7, 11) is 0. The molecule has 1 aromatic carbocycles. The zero-order valence-corrected chi connectivity index (χ0v) is 12.7. The third-order valence-electron chi connectivity index (χ3n) is 4.29. The molecule has 0 saturated heterocycles. The van der Waals surface area contributed by atoms with Crippen LogP contribution in [-0.2, 0) is 17.8 Å². The van der Waals surface area contributed by atoms with Crippen LogP contribution in [0.25, 0.3) is 0 Å². The molecule has 6 nitrogen and oxygen atoms in total. The maximum absolute atomic E-state index is 12.5. The number of nitrogens with zero attached hydrogens (tertiary/aromatic N) is 3. The number of aromatic nitrogens is 3. The Morgan fingerprint density at radius 2 is 2.05 bits per heavy atom. The summed E-state index contributed by atoms with van der Waals surface area (Å²) in [6.45, 7) is 4.23. The Labute approximate surface area is 128 Å². The number of aliphatic carboxylic acids is 1. The lowest BCUT2D eigenvalue weighted by Gasteiger charge is -2.26. The minimum atomic E-state index is -0.967. The average molecular weight is 301 g/mol. The first-order valence-corrected chi connectivity index (χ1v) is 7.44.